The molecule has 4 amide bonds. The van der Waals surface area contributed by atoms with E-state index in [1.165, 1.54) is 0 Å². The van der Waals surface area contributed by atoms with E-state index in [2.05, 4.69) is 36.2 Å². The van der Waals surface area contributed by atoms with Crippen LogP contribution in [0.3, 0.4) is 0 Å². The Hall–Kier alpha value is -5.12. The van der Waals surface area contributed by atoms with Gasteiger partial charge in [-0.3, -0.25) is 0 Å². The van der Waals surface area contributed by atoms with Crippen molar-refractivity contribution in [3.8, 4) is 0 Å². The highest BCUT2D eigenvalue weighted by atomic mass is 35.5. The molecular formula is C38H64Cl2N14O8. The summed E-state index contributed by atoms with van der Waals surface area (Å²) in [5.74, 6) is 1.07. The number of piperazine rings is 1. The number of ether oxygens (including phenoxy) is 4. The molecule has 24 heteroatoms. The van der Waals surface area contributed by atoms with Gasteiger partial charge in [0.1, 0.15) is 22.4 Å². The lowest BCUT2D eigenvalue weighted by atomic mass is 10.2. The Bertz CT molecular complexity index is 1630. The lowest BCUT2D eigenvalue weighted by Gasteiger charge is -2.35. The summed E-state index contributed by atoms with van der Waals surface area (Å²) >= 11 is 12.1. The molecule has 1 fully saturated rings. The van der Waals surface area contributed by atoms with Crippen LogP contribution in [0.1, 0.15) is 83.1 Å². The van der Waals surface area contributed by atoms with Crippen molar-refractivity contribution >= 4 is 71.4 Å². The minimum atomic E-state index is -0.717. The Morgan fingerprint density at radius 2 is 0.726 bits per heavy atom. The van der Waals surface area contributed by atoms with Gasteiger partial charge in [-0.2, -0.15) is 29.9 Å². The quantitative estimate of drug-likeness (QED) is 0.171. The second-order valence-corrected chi connectivity index (χ2v) is 18.7. The maximum absolute atomic E-state index is 12.6. The van der Waals surface area contributed by atoms with E-state index in [1.807, 2.05) is 9.80 Å². The second kappa shape index (κ2) is 22.3. The molecule has 1 aliphatic rings. The highest BCUT2D eigenvalue weighted by Gasteiger charge is 2.27. The molecule has 3 rings (SSSR count). The van der Waals surface area contributed by atoms with Gasteiger partial charge in [-0.1, -0.05) is 0 Å². The Labute approximate surface area is 373 Å². The molecule has 0 spiro atoms. The molecule has 22 nitrogen and oxygen atoms in total. The third kappa shape index (κ3) is 20.2. The van der Waals surface area contributed by atoms with Gasteiger partial charge in [0.2, 0.25) is 34.4 Å². The van der Waals surface area contributed by atoms with Gasteiger partial charge in [0, 0.05) is 78.5 Å². The minimum absolute atomic E-state index is 0.0287. The Morgan fingerprint density at radius 3 is 0.984 bits per heavy atom. The summed E-state index contributed by atoms with van der Waals surface area (Å²) in [6, 6.07) is 0. The maximum Gasteiger partial charge on any atom is 0.407 e. The van der Waals surface area contributed by atoms with Gasteiger partial charge >= 0.3 is 24.4 Å². The number of amides is 4. The van der Waals surface area contributed by atoms with Crippen LogP contribution in [0.25, 0.3) is 0 Å². The van der Waals surface area contributed by atoms with Crippen LogP contribution in [0.15, 0.2) is 0 Å². The molecule has 0 bridgehead atoms. The zero-order valence-electron chi connectivity index (χ0n) is 38.0. The molecule has 2 aromatic heterocycles. The smallest absolute Gasteiger partial charge is 0.407 e. The molecule has 0 saturated carbocycles. The molecule has 3 heterocycles. The summed E-state index contributed by atoms with van der Waals surface area (Å²) in [5, 5.41) is 11.0. The van der Waals surface area contributed by atoms with E-state index in [0.717, 1.165) is 0 Å². The highest BCUT2D eigenvalue weighted by Crippen LogP contribution is 2.23. The summed E-state index contributed by atoms with van der Waals surface area (Å²) in [5.41, 5.74) is -2.87. The van der Waals surface area contributed by atoms with Gasteiger partial charge in [0.15, 0.2) is 0 Å². The molecule has 0 unspecified atom stereocenters. The number of nitrogens with zero attached hydrogens (tertiary/aromatic N) is 10. The lowest BCUT2D eigenvalue weighted by molar-refractivity contribution is 0.0515. The molecule has 1 saturated heterocycles. The van der Waals surface area contributed by atoms with Crippen LogP contribution in [-0.4, -0.2) is 155 Å². The summed E-state index contributed by atoms with van der Waals surface area (Å²) in [6.07, 6.45) is -2.44. The van der Waals surface area contributed by atoms with E-state index in [4.69, 9.17) is 57.1 Å². The van der Waals surface area contributed by atoms with Crippen molar-refractivity contribution in [3.63, 3.8) is 0 Å². The summed E-state index contributed by atoms with van der Waals surface area (Å²) < 4.78 is 21.8. The van der Waals surface area contributed by atoms with Crippen LogP contribution in [0.2, 0.25) is 10.6 Å². The molecule has 1 aliphatic heterocycles. The average Bonchev–Trinajstić information content (AvgIpc) is 3.10. The van der Waals surface area contributed by atoms with E-state index >= 15 is 0 Å². The number of anilines is 4. The van der Waals surface area contributed by atoms with Gasteiger partial charge in [0.25, 0.3) is 0 Å². The van der Waals surface area contributed by atoms with Crippen LogP contribution >= 0.6 is 23.2 Å². The Morgan fingerprint density at radius 1 is 0.468 bits per heavy atom. The van der Waals surface area contributed by atoms with E-state index in [9.17, 15) is 19.2 Å². The van der Waals surface area contributed by atoms with E-state index in [-0.39, 0.29) is 74.8 Å². The van der Waals surface area contributed by atoms with Gasteiger partial charge in [-0.25, -0.2) is 19.2 Å². The second-order valence-electron chi connectivity index (χ2n) is 18.1. The number of alkyl carbamates (subject to hydrolysis) is 4. The molecule has 4 N–H and O–H groups in total. The summed E-state index contributed by atoms with van der Waals surface area (Å²) in [4.78, 5) is 85.0. The molecule has 0 aromatic carbocycles. The Balaban J connectivity index is 2.04. The zero-order chi connectivity index (χ0) is 46.5. The van der Waals surface area contributed by atoms with Crippen molar-refractivity contribution in [2.75, 3.05) is 98.1 Å². The van der Waals surface area contributed by atoms with Gasteiger partial charge < -0.3 is 59.8 Å². The van der Waals surface area contributed by atoms with Crippen molar-refractivity contribution in [2.24, 2.45) is 0 Å². The number of halogens is 2. The first-order chi connectivity index (χ1) is 28.6. The molecule has 2 aromatic rings. The molecule has 0 atom stereocenters. The van der Waals surface area contributed by atoms with Gasteiger partial charge in [-0.15, -0.1) is 0 Å². The number of rotatable bonds is 16. The van der Waals surface area contributed by atoms with Crippen LogP contribution in [0.4, 0.5) is 43.0 Å². The largest absolute Gasteiger partial charge is 0.444 e. The Kier molecular flexibility index (Phi) is 18.4. The third-order valence-electron chi connectivity index (χ3n) is 7.78. The number of carbonyl (C=O) groups is 4. The van der Waals surface area contributed by atoms with Crippen LogP contribution < -0.4 is 40.9 Å². The van der Waals surface area contributed by atoms with Crippen LogP contribution in [0, 0.1) is 0 Å². The fourth-order valence-electron chi connectivity index (χ4n) is 5.38. The van der Waals surface area contributed by atoms with Crippen LogP contribution in [-0.2, 0) is 18.9 Å². The van der Waals surface area contributed by atoms with Crippen molar-refractivity contribution < 1.29 is 38.1 Å². The fraction of sp³-hybridized carbons (Fsp3) is 0.737. The first-order valence-corrected chi connectivity index (χ1v) is 21.1. The predicted molar refractivity (Wildman–Crippen MR) is 235 cm³/mol. The number of aromatic nitrogens is 6. The summed E-state index contributed by atoms with van der Waals surface area (Å²) in [6.45, 7) is 24.1. The number of nitrogens with one attached hydrogen (secondary N) is 4. The molecule has 348 valence electrons. The van der Waals surface area contributed by atoms with Crippen molar-refractivity contribution in [3.05, 3.63) is 10.6 Å². The molecule has 0 aliphatic carbocycles. The third-order valence-corrected chi connectivity index (χ3v) is 8.12. The standard InChI is InChI=1S/C38H64Cl2N14O8/c1-35(2,3)59-31(55)41-13-17-51(18-14-42-32(56)60-36(4,5)6)28-48-29(50-30(49-28)54-23-21-53(22-24-54)27-46-25(39)45-26(40)47-27)52(19-15-43-33(57)61-37(7,8)9)20-16-44-34(58)62-38(10,11)12/h13-24H2,1-12H3,(H,41,55)(H,42,56)(H,43,57)(H,44,58). The predicted octanol–water partition coefficient (Wildman–Crippen LogP) is 4.40. The number of carbonyl (C=O) groups excluding carboxylic acids is 4. The van der Waals surface area contributed by atoms with Gasteiger partial charge in [-0.05, 0) is 106 Å². The highest BCUT2D eigenvalue weighted by molar-refractivity contribution is 6.31. The van der Waals surface area contributed by atoms with Gasteiger partial charge in [0.05, 0.1) is 0 Å². The topological polar surface area (TPSA) is 244 Å². The summed E-state index contributed by atoms with van der Waals surface area (Å²) in [7, 11) is 0. The molecule has 62 heavy (non-hydrogen) atoms. The maximum atomic E-state index is 12.6. The zero-order valence-corrected chi connectivity index (χ0v) is 39.5. The SMILES string of the molecule is CC(C)(C)OC(=O)NCCN(CCNC(=O)OC(C)(C)C)c1nc(N(CCNC(=O)OC(C)(C)C)CCNC(=O)OC(C)(C)C)nc(N2CCN(c3nc(Cl)nc(Cl)n3)CC2)n1. The van der Waals surface area contributed by atoms with E-state index in [1.54, 1.807) is 92.9 Å². The normalized spacial score (nSPS) is 13.5. The lowest BCUT2D eigenvalue weighted by Crippen LogP contribution is -2.48. The minimum Gasteiger partial charge on any atom is -0.444 e. The monoisotopic (exact) mass is 914 g/mol. The number of hydrogen-bond acceptors (Lipinski definition) is 18. The van der Waals surface area contributed by atoms with Crippen molar-refractivity contribution in [1.82, 2.24) is 51.2 Å². The number of hydrogen-bond donors (Lipinski definition) is 4. The molecular weight excluding hydrogens is 851 g/mol. The van der Waals surface area contributed by atoms with E-state index < -0.39 is 46.8 Å². The molecule has 0 radical (unpaired) electrons. The van der Waals surface area contributed by atoms with E-state index in [0.29, 0.717) is 38.1 Å². The van der Waals surface area contributed by atoms with Crippen LogP contribution in [0.5, 0.6) is 0 Å². The first kappa shape index (κ1) is 51.2. The fourth-order valence-corrected chi connectivity index (χ4v) is 5.74. The van der Waals surface area contributed by atoms with Crippen molar-refractivity contribution in [2.45, 2.75) is 105 Å². The first-order valence-electron chi connectivity index (χ1n) is 20.3. The average molecular weight is 916 g/mol. The van der Waals surface area contributed by atoms with Crippen molar-refractivity contribution in [1.29, 1.82) is 0 Å².